The fraction of sp³-hybridized carbons (Fsp3) is 0.400. The van der Waals surface area contributed by atoms with Gasteiger partial charge in [-0.05, 0) is 67.1 Å². The van der Waals surface area contributed by atoms with Gasteiger partial charge in [0, 0.05) is 4.47 Å². The van der Waals surface area contributed by atoms with Gasteiger partial charge in [-0.2, -0.15) is 13.2 Å². The summed E-state index contributed by atoms with van der Waals surface area (Å²) in [7, 11) is 0. The Morgan fingerprint density at radius 2 is 1.68 bits per heavy atom. The number of alkyl halides is 3. The zero-order valence-electron chi connectivity index (χ0n) is 14.1. The van der Waals surface area contributed by atoms with E-state index >= 15 is 0 Å². The van der Waals surface area contributed by atoms with Crippen LogP contribution >= 0.6 is 15.9 Å². The summed E-state index contributed by atoms with van der Waals surface area (Å²) in [4.78, 5) is 1.51. The molecular formula is C20H21BrF3N. The summed E-state index contributed by atoms with van der Waals surface area (Å²) in [5, 5.41) is 0. The Morgan fingerprint density at radius 3 is 2.24 bits per heavy atom. The van der Waals surface area contributed by atoms with Crippen LogP contribution in [0.3, 0.4) is 0 Å². The van der Waals surface area contributed by atoms with Gasteiger partial charge in [0.05, 0.1) is 6.54 Å². The molecule has 0 spiro atoms. The van der Waals surface area contributed by atoms with Crippen molar-refractivity contribution in [2.45, 2.75) is 31.9 Å². The molecule has 1 heterocycles. The number of piperidine rings is 1. The van der Waals surface area contributed by atoms with Gasteiger partial charge in [0.2, 0.25) is 0 Å². The van der Waals surface area contributed by atoms with Crippen molar-refractivity contribution < 1.29 is 13.2 Å². The maximum Gasteiger partial charge on any atom is 0.401 e. The summed E-state index contributed by atoms with van der Waals surface area (Å²) in [6, 6.07) is 14.7. The van der Waals surface area contributed by atoms with Gasteiger partial charge in [-0.1, -0.05) is 52.3 Å². The number of rotatable bonds is 3. The van der Waals surface area contributed by atoms with Crippen LogP contribution < -0.4 is 0 Å². The highest BCUT2D eigenvalue weighted by Gasteiger charge is 2.32. The molecule has 1 fully saturated rings. The van der Waals surface area contributed by atoms with Crippen molar-refractivity contribution in [2.75, 3.05) is 19.6 Å². The molecule has 25 heavy (non-hydrogen) atoms. The Kier molecular flexibility index (Phi) is 5.54. The fourth-order valence-electron chi connectivity index (χ4n) is 3.47. The maximum atomic E-state index is 12.5. The third-order valence-electron chi connectivity index (χ3n) is 4.81. The van der Waals surface area contributed by atoms with Crippen molar-refractivity contribution in [3.05, 3.63) is 58.1 Å². The first kappa shape index (κ1) is 18.5. The van der Waals surface area contributed by atoms with Crippen LogP contribution in [0.2, 0.25) is 0 Å². The van der Waals surface area contributed by atoms with E-state index in [0.29, 0.717) is 19.0 Å². The Bertz CT molecular complexity index is 717. The van der Waals surface area contributed by atoms with E-state index in [1.54, 1.807) is 0 Å². The third kappa shape index (κ3) is 4.85. The van der Waals surface area contributed by atoms with Crippen molar-refractivity contribution >= 4 is 15.9 Å². The molecule has 2 aromatic carbocycles. The molecule has 0 aromatic heterocycles. The number of aryl methyl sites for hydroxylation is 1. The standard InChI is InChI=1S/C20H21BrF3N/c1-14-2-7-18(19(21)12-14)17-5-3-15(4-6-17)16-8-10-25(11-9-16)13-20(22,23)24/h2-7,12,16H,8-11,13H2,1H3. The number of hydrogen-bond donors (Lipinski definition) is 0. The van der Waals surface area contributed by atoms with E-state index < -0.39 is 12.7 Å². The van der Waals surface area contributed by atoms with E-state index in [1.807, 2.05) is 0 Å². The highest BCUT2D eigenvalue weighted by Crippen LogP contribution is 2.33. The summed E-state index contributed by atoms with van der Waals surface area (Å²) in [6.07, 6.45) is -2.54. The maximum absolute atomic E-state index is 12.5. The van der Waals surface area contributed by atoms with E-state index in [0.717, 1.165) is 28.4 Å². The van der Waals surface area contributed by atoms with Crippen molar-refractivity contribution in [3.63, 3.8) is 0 Å². The zero-order valence-corrected chi connectivity index (χ0v) is 15.7. The quantitative estimate of drug-likeness (QED) is 0.583. The summed E-state index contributed by atoms with van der Waals surface area (Å²) >= 11 is 3.61. The van der Waals surface area contributed by atoms with Crippen LogP contribution in [0, 0.1) is 6.92 Å². The van der Waals surface area contributed by atoms with Crippen LogP contribution in [0.25, 0.3) is 11.1 Å². The van der Waals surface area contributed by atoms with Gasteiger partial charge in [0.25, 0.3) is 0 Å². The Morgan fingerprint density at radius 1 is 1.04 bits per heavy atom. The highest BCUT2D eigenvalue weighted by molar-refractivity contribution is 9.10. The molecule has 0 saturated carbocycles. The minimum atomic E-state index is -4.10. The highest BCUT2D eigenvalue weighted by atomic mass is 79.9. The molecule has 0 N–H and O–H groups in total. The minimum absolute atomic E-state index is 0.347. The molecule has 0 bridgehead atoms. The molecule has 0 aliphatic carbocycles. The number of benzene rings is 2. The fourth-order valence-corrected chi connectivity index (χ4v) is 4.19. The van der Waals surface area contributed by atoms with Gasteiger partial charge in [-0.3, -0.25) is 4.90 Å². The Balaban J connectivity index is 1.65. The molecule has 5 heteroatoms. The molecule has 1 saturated heterocycles. The normalized spacial score (nSPS) is 17.0. The van der Waals surface area contributed by atoms with Gasteiger partial charge in [0.1, 0.15) is 0 Å². The zero-order chi connectivity index (χ0) is 18.0. The van der Waals surface area contributed by atoms with Crippen molar-refractivity contribution in [3.8, 4) is 11.1 Å². The second kappa shape index (κ2) is 7.50. The summed E-state index contributed by atoms with van der Waals surface area (Å²) in [5.74, 6) is 0.347. The first-order chi connectivity index (χ1) is 11.8. The average Bonchev–Trinajstić information content (AvgIpc) is 2.54. The molecule has 0 amide bonds. The monoisotopic (exact) mass is 411 g/mol. The third-order valence-corrected chi connectivity index (χ3v) is 5.46. The number of halogens is 4. The van der Waals surface area contributed by atoms with E-state index in [9.17, 15) is 13.2 Å². The van der Waals surface area contributed by atoms with Gasteiger partial charge >= 0.3 is 6.18 Å². The second-order valence-corrected chi connectivity index (χ2v) is 7.63. The number of nitrogens with zero attached hydrogens (tertiary/aromatic N) is 1. The van der Waals surface area contributed by atoms with Gasteiger partial charge in [0.15, 0.2) is 0 Å². The van der Waals surface area contributed by atoms with Crippen molar-refractivity contribution in [1.29, 1.82) is 0 Å². The van der Waals surface area contributed by atoms with Crippen LogP contribution in [-0.4, -0.2) is 30.7 Å². The molecule has 0 radical (unpaired) electrons. The molecule has 1 aliphatic heterocycles. The molecule has 0 atom stereocenters. The summed E-state index contributed by atoms with van der Waals surface area (Å²) in [5.41, 5.74) is 4.72. The van der Waals surface area contributed by atoms with Crippen LogP contribution in [0.15, 0.2) is 46.9 Å². The molecule has 2 aromatic rings. The average molecular weight is 412 g/mol. The molecule has 0 unspecified atom stereocenters. The lowest BCUT2D eigenvalue weighted by molar-refractivity contribution is -0.147. The lowest BCUT2D eigenvalue weighted by Gasteiger charge is -2.32. The van der Waals surface area contributed by atoms with E-state index in [1.165, 1.54) is 16.0 Å². The predicted molar refractivity (Wildman–Crippen MR) is 98.8 cm³/mol. The van der Waals surface area contributed by atoms with Crippen molar-refractivity contribution in [2.24, 2.45) is 0 Å². The first-order valence-corrected chi connectivity index (χ1v) is 9.27. The molecule has 134 valence electrons. The topological polar surface area (TPSA) is 3.24 Å². The van der Waals surface area contributed by atoms with Gasteiger partial charge in [-0.25, -0.2) is 0 Å². The Hall–Kier alpha value is -1.33. The second-order valence-electron chi connectivity index (χ2n) is 6.77. The number of hydrogen-bond acceptors (Lipinski definition) is 1. The lowest BCUT2D eigenvalue weighted by Crippen LogP contribution is -2.39. The summed E-state index contributed by atoms with van der Waals surface area (Å²) in [6.45, 7) is 2.29. The molecule has 1 aliphatic rings. The first-order valence-electron chi connectivity index (χ1n) is 8.47. The Labute approximate surface area is 155 Å². The SMILES string of the molecule is Cc1ccc(-c2ccc(C3CCN(CC(F)(F)F)CC3)cc2)c(Br)c1. The van der Waals surface area contributed by atoms with E-state index in [4.69, 9.17) is 0 Å². The van der Waals surface area contributed by atoms with E-state index in [-0.39, 0.29) is 0 Å². The van der Waals surface area contributed by atoms with Crippen LogP contribution in [0.1, 0.15) is 29.9 Å². The lowest BCUT2D eigenvalue weighted by atomic mass is 9.88. The minimum Gasteiger partial charge on any atom is -0.295 e. The van der Waals surface area contributed by atoms with Gasteiger partial charge < -0.3 is 0 Å². The molecule has 1 nitrogen and oxygen atoms in total. The number of likely N-dealkylation sites (tertiary alicyclic amines) is 1. The largest absolute Gasteiger partial charge is 0.401 e. The predicted octanol–water partition coefficient (Wildman–Crippen LogP) is 6.17. The summed E-state index contributed by atoms with van der Waals surface area (Å²) < 4.78 is 38.5. The van der Waals surface area contributed by atoms with Crippen LogP contribution in [0.4, 0.5) is 13.2 Å². The van der Waals surface area contributed by atoms with E-state index in [2.05, 4.69) is 65.3 Å². The molecule has 3 rings (SSSR count). The van der Waals surface area contributed by atoms with Crippen LogP contribution in [-0.2, 0) is 0 Å². The smallest absolute Gasteiger partial charge is 0.295 e. The molecular weight excluding hydrogens is 391 g/mol. The van der Waals surface area contributed by atoms with Gasteiger partial charge in [-0.15, -0.1) is 0 Å². The van der Waals surface area contributed by atoms with Crippen molar-refractivity contribution in [1.82, 2.24) is 4.90 Å². The van der Waals surface area contributed by atoms with Crippen LogP contribution in [0.5, 0.6) is 0 Å².